The van der Waals surface area contributed by atoms with Gasteiger partial charge in [0.25, 0.3) is 0 Å². The molecule has 0 aliphatic rings. The van der Waals surface area contributed by atoms with Crippen molar-refractivity contribution in [1.82, 2.24) is 0 Å². The van der Waals surface area contributed by atoms with Gasteiger partial charge in [0.05, 0.1) is 26.4 Å². The number of ether oxygens (including phenoxy) is 3. The highest BCUT2D eigenvalue weighted by atomic mass is 31.2. The highest BCUT2D eigenvalue weighted by molar-refractivity contribution is 7.47. The Balaban J connectivity index is 4.55. The van der Waals surface area contributed by atoms with Crippen molar-refractivity contribution in [3.63, 3.8) is 0 Å². The second-order valence-corrected chi connectivity index (χ2v) is 26.6. The molecule has 5 atom stereocenters. The molecule has 0 fully saturated rings. The van der Waals surface area contributed by atoms with Crippen LogP contribution in [0.2, 0.25) is 0 Å². The Morgan fingerprint density at radius 2 is 0.581 bits per heavy atom. The van der Waals surface area contributed by atoms with Gasteiger partial charge in [-0.25, -0.2) is 9.13 Å². The van der Waals surface area contributed by atoms with Crippen LogP contribution in [0.4, 0.5) is 0 Å². The van der Waals surface area contributed by atoms with Gasteiger partial charge >= 0.3 is 33.6 Å². The highest BCUT2D eigenvalue weighted by Crippen LogP contribution is 2.45. The fraction of sp³-hybridized carbons (Fsp3) is 0.693. The molecule has 0 rings (SSSR count). The predicted octanol–water partition coefficient (Wildman–Crippen LogP) is 20.2. The van der Waals surface area contributed by atoms with E-state index in [9.17, 15) is 43.5 Å². The Morgan fingerprint density at radius 3 is 0.946 bits per heavy atom. The Hall–Kier alpha value is -4.05. The summed E-state index contributed by atoms with van der Waals surface area (Å²) in [6.07, 6.45) is 78.3. The lowest BCUT2D eigenvalue weighted by atomic mass is 10.1. The van der Waals surface area contributed by atoms with E-state index in [1.165, 1.54) is 64.2 Å². The third-order valence-electron chi connectivity index (χ3n) is 14.6. The van der Waals surface area contributed by atoms with Crippen molar-refractivity contribution in [3.8, 4) is 0 Å². The summed E-state index contributed by atoms with van der Waals surface area (Å²) in [5.41, 5.74) is 0. The van der Waals surface area contributed by atoms with Crippen LogP contribution >= 0.6 is 15.6 Å². The van der Waals surface area contributed by atoms with E-state index in [-0.39, 0.29) is 19.3 Å². The molecular weight excluding hydrogens is 1220 g/mol. The number of rotatable bonds is 67. The van der Waals surface area contributed by atoms with Crippen LogP contribution in [0, 0.1) is 0 Å². The van der Waals surface area contributed by atoms with Crippen molar-refractivity contribution in [2.45, 2.75) is 296 Å². The van der Waals surface area contributed by atoms with Gasteiger partial charge in [0.15, 0.2) is 6.10 Å². The summed E-state index contributed by atoms with van der Waals surface area (Å²) in [5.74, 6) is -1.61. The molecule has 18 heteroatoms. The lowest BCUT2D eigenvalue weighted by Gasteiger charge is -2.21. The summed E-state index contributed by atoms with van der Waals surface area (Å²) >= 11 is 0. The first-order valence-corrected chi connectivity index (χ1v) is 38.8. The molecule has 0 aromatic carbocycles. The molecule has 0 saturated heterocycles. The molecule has 0 spiro atoms. The molecule has 534 valence electrons. The Labute approximate surface area is 563 Å². The van der Waals surface area contributed by atoms with Crippen molar-refractivity contribution in [2.75, 3.05) is 39.6 Å². The molecule has 0 aliphatic carbocycles. The number of aliphatic hydroxyl groups excluding tert-OH is 2. The number of carbonyl (C=O) groups is 3. The maximum atomic E-state index is 12.9. The molecule has 93 heavy (non-hydrogen) atoms. The molecule has 0 amide bonds. The van der Waals surface area contributed by atoms with Gasteiger partial charge in [-0.3, -0.25) is 32.5 Å². The number of aliphatic hydroxyl groups is 2. The molecule has 0 aromatic rings. The van der Waals surface area contributed by atoms with E-state index in [2.05, 4.69) is 142 Å². The van der Waals surface area contributed by atoms with Crippen molar-refractivity contribution in [3.05, 3.63) is 122 Å². The van der Waals surface area contributed by atoms with Gasteiger partial charge < -0.3 is 34.2 Å². The summed E-state index contributed by atoms with van der Waals surface area (Å²) in [7, 11) is -9.79. The van der Waals surface area contributed by atoms with Gasteiger partial charge in [-0.05, 0) is 128 Å². The second kappa shape index (κ2) is 67.9. The van der Waals surface area contributed by atoms with Crippen molar-refractivity contribution in [2.24, 2.45) is 0 Å². The van der Waals surface area contributed by atoms with Crippen LogP contribution in [0.25, 0.3) is 0 Å². The van der Waals surface area contributed by atoms with E-state index in [0.717, 1.165) is 154 Å². The fourth-order valence-electron chi connectivity index (χ4n) is 9.15. The quantitative estimate of drug-likeness (QED) is 0.0146. The SMILES string of the molecule is CC/C=C\C/C=C\C/C=C\C/C=C\C/C=C\CCCCCCCCCCCC(=O)OCC(O)COP(=O)(O)OCC(O)COP(=O)(O)OCC(COC(=O)CCCCCCC/C=C\C/C=C\C/C=C\C/C=C\CCCCC)OC(=O)CCCCCCC/C=C\CCCC. The zero-order valence-corrected chi connectivity index (χ0v) is 59.7. The van der Waals surface area contributed by atoms with Crippen LogP contribution in [0.5, 0.6) is 0 Å². The highest BCUT2D eigenvalue weighted by Gasteiger charge is 2.29. The zero-order chi connectivity index (χ0) is 68.1. The van der Waals surface area contributed by atoms with E-state index in [0.29, 0.717) is 19.3 Å². The summed E-state index contributed by atoms with van der Waals surface area (Å²) in [5, 5.41) is 20.6. The Kier molecular flexibility index (Phi) is 65.0. The minimum absolute atomic E-state index is 0.0874. The monoisotopic (exact) mass is 1350 g/mol. The Bertz CT molecular complexity index is 2180. The summed E-state index contributed by atoms with van der Waals surface area (Å²) in [6, 6.07) is 0. The van der Waals surface area contributed by atoms with E-state index in [4.69, 9.17) is 32.3 Å². The first-order chi connectivity index (χ1) is 45.2. The van der Waals surface area contributed by atoms with Crippen LogP contribution < -0.4 is 0 Å². The standard InChI is InChI=1S/C75H128O16P2/c1-4-7-10-13-16-19-22-24-26-28-30-32-33-34-35-37-39-40-42-44-47-49-52-55-58-61-73(78)85-64-70(76)65-87-92(81,82)88-66-71(77)67-89-93(83,84)90-69-72(91-75(80)63-60-57-54-51-46-21-18-15-12-9-6-3)68-86-74(79)62-59-56-53-50-48-45-43-41-38-36-31-29-27-25-23-20-17-14-11-8-5-2/h7,10,15-20,24-27,30-32,34-36,41,43,70-72,76-77H,4-6,8-9,11-14,21-23,28-29,33,37-40,42,44-69H2,1-3H3,(H,81,82)(H,83,84)/b10-7-,18-15-,19-16-,20-17-,26-24-,27-25-,32-30-,35-34-,36-31-,43-41-. The van der Waals surface area contributed by atoms with Crippen LogP contribution in [0.15, 0.2) is 122 Å². The first kappa shape index (κ1) is 89.0. The summed E-state index contributed by atoms with van der Waals surface area (Å²) in [4.78, 5) is 58.4. The summed E-state index contributed by atoms with van der Waals surface area (Å²) < 4.78 is 60.9. The number of carbonyl (C=O) groups excluding carboxylic acids is 3. The predicted molar refractivity (Wildman–Crippen MR) is 380 cm³/mol. The third kappa shape index (κ3) is 69.1. The van der Waals surface area contributed by atoms with E-state index >= 15 is 0 Å². The number of esters is 3. The maximum absolute atomic E-state index is 12.9. The van der Waals surface area contributed by atoms with Crippen molar-refractivity contribution < 1.29 is 75.8 Å². The lowest BCUT2D eigenvalue weighted by molar-refractivity contribution is -0.161. The van der Waals surface area contributed by atoms with Gasteiger partial charge in [-0.1, -0.05) is 251 Å². The third-order valence-corrected chi connectivity index (χ3v) is 16.5. The number of unbranched alkanes of at least 4 members (excludes halogenated alkanes) is 24. The van der Waals surface area contributed by atoms with Crippen LogP contribution in [-0.4, -0.2) is 95.9 Å². The molecule has 0 saturated carbocycles. The van der Waals surface area contributed by atoms with Gasteiger partial charge in [0.1, 0.15) is 25.4 Å². The van der Waals surface area contributed by atoms with E-state index in [1.807, 2.05) is 0 Å². The minimum Gasteiger partial charge on any atom is -0.463 e. The number of hydrogen-bond donors (Lipinski definition) is 4. The smallest absolute Gasteiger partial charge is 0.463 e. The molecular formula is C75H128O16P2. The van der Waals surface area contributed by atoms with Gasteiger partial charge in [-0.2, -0.15) is 0 Å². The molecule has 0 aromatic heterocycles. The average Bonchev–Trinajstić information content (AvgIpc) is 3.64. The van der Waals surface area contributed by atoms with Crippen LogP contribution in [-0.2, 0) is 55.8 Å². The lowest BCUT2D eigenvalue weighted by Crippen LogP contribution is -2.30. The normalized spacial score (nSPS) is 14.9. The van der Waals surface area contributed by atoms with E-state index < -0.39 is 91.5 Å². The van der Waals surface area contributed by atoms with Gasteiger partial charge in [0.2, 0.25) is 0 Å². The number of phosphoric acid groups is 2. The van der Waals surface area contributed by atoms with Crippen molar-refractivity contribution in [1.29, 1.82) is 0 Å². The maximum Gasteiger partial charge on any atom is 0.472 e. The Morgan fingerprint density at radius 1 is 0.312 bits per heavy atom. The molecule has 0 bridgehead atoms. The first-order valence-electron chi connectivity index (χ1n) is 35.8. The summed E-state index contributed by atoms with van der Waals surface area (Å²) in [6.45, 7) is 2.44. The molecule has 5 unspecified atom stereocenters. The number of phosphoric ester groups is 2. The molecule has 16 nitrogen and oxygen atoms in total. The van der Waals surface area contributed by atoms with Crippen LogP contribution in [0.3, 0.4) is 0 Å². The van der Waals surface area contributed by atoms with Gasteiger partial charge in [-0.15, -0.1) is 0 Å². The second-order valence-electron chi connectivity index (χ2n) is 23.6. The minimum atomic E-state index is -4.93. The van der Waals surface area contributed by atoms with Crippen LogP contribution in [0.1, 0.15) is 278 Å². The van der Waals surface area contributed by atoms with E-state index in [1.54, 1.807) is 0 Å². The molecule has 0 heterocycles. The zero-order valence-electron chi connectivity index (χ0n) is 57.9. The molecule has 0 aliphatic heterocycles. The largest absolute Gasteiger partial charge is 0.472 e. The number of hydrogen-bond acceptors (Lipinski definition) is 14. The van der Waals surface area contributed by atoms with Crippen molar-refractivity contribution >= 4 is 33.6 Å². The topological polar surface area (TPSA) is 231 Å². The molecule has 0 radical (unpaired) electrons. The average molecular weight is 1350 g/mol. The van der Waals surface area contributed by atoms with Gasteiger partial charge in [0, 0.05) is 19.3 Å². The molecule has 4 N–H and O–H groups in total. The fourth-order valence-corrected chi connectivity index (χ4v) is 10.7. The number of allylic oxidation sites excluding steroid dienone is 20.